The van der Waals surface area contributed by atoms with Crippen LogP contribution >= 0.6 is 0 Å². The number of nitrogens with one attached hydrogen (secondary N) is 2. The maximum atomic E-state index is 11.3. The number of ether oxygens (including phenoxy) is 1. The lowest BCUT2D eigenvalue weighted by atomic mass is 10.2. The summed E-state index contributed by atoms with van der Waals surface area (Å²) in [6, 6.07) is -1.97. The number of carboxylic acids is 1. The molecule has 0 aliphatic rings. The number of carbonyl (C=O) groups is 2. The zero-order chi connectivity index (χ0) is 13.4. The van der Waals surface area contributed by atoms with Crippen LogP contribution in [0.25, 0.3) is 0 Å². The van der Waals surface area contributed by atoms with Gasteiger partial charge in [-0.05, 0) is 20.8 Å². The Kier molecular flexibility index (Phi) is 7.24. The standard InChI is InChI=1S/C10H20N2O5/c1-4-17-6(2)5-11-10(16)12-8(7(3)13)9(14)15/h6-8,13H,4-5H2,1-3H3,(H,14,15)(H2,11,12,16)/t6?,7-,8+/m1/s1. The van der Waals surface area contributed by atoms with Crippen molar-refractivity contribution in [2.45, 2.75) is 39.0 Å². The van der Waals surface area contributed by atoms with Gasteiger partial charge in [-0.25, -0.2) is 9.59 Å². The molecule has 1 unspecified atom stereocenters. The summed E-state index contributed by atoms with van der Waals surface area (Å²) < 4.78 is 5.18. The van der Waals surface area contributed by atoms with E-state index in [0.29, 0.717) is 6.61 Å². The van der Waals surface area contributed by atoms with Gasteiger partial charge in [-0.3, -0.25) is 0 Å². The summed E-state index contributed by atoms with van der Waals surface area (Å²) in [5.41, 5.74) is 0. The first-order valence-electron chi connectivity index (χ1n) is 5.45. The molecule has 0 heterocycles. The number of urea groups is 1. The highest BCUT2D eigenvalue weighted by molar-refractivity contribution is 5.82. The van der Waals surface area contributed by atoms with Crippen LogP contribution in [0.5, 0.6) is 0 Å². The molecular formula is C10H20N2O5. The molecule has 17 heavy (non-hydrogen) atoms. The van der Waals surface area contributed by atoms with E-state index < -0.39 is 24.1 Å². The minimum absolute atomic E-state index is 0.152. The van der Waals surface area contributed by atoms with Gasteiger partial charge in [0, 0.05) is 13.2 Å². The molecule has 0 aliphatic heterocycles. The van der Waals surface area contributed by atoms with E-state index in [1.54, 1.807) is 6.92 Å². The molecule has 100 valence electrons. The van der Waals surface area contributed by atoms with E-state index in [4.69, 9.17) is 14.9 Å². The number of rotatable bonds is 7. The zero-order valence-electron chi connectivity index (χ0n) is 10.3. The van der Waals surface area contributed by atoms with Crippen LogP contribution < -0.4 is 10.6 Å². The Bertz CT molecular complexity index is 257. The quantitative estimate of drug-likeness (QED) is 0.488. The average molecular weight is 248 g/mol. The highest BCUT2D eigenvalue weighted by atomic mass is 16.5. The SMILES string of the molecule is CCOC(C)CNC(=O)N[C@H](C(=O)O)[C@@H](C)O. The van der Waals surface area contributed by atoms with Crippen molar-refractivity contribution in [2.75, 3.05) is 13.2 Å². The van der Waals surface area contributed by atoms with Gasteiger partial charge in [-0.2, -0.15) is 0 Å². The lowest BCUT2D eigenvalue weighted by molar-refractivity contribution is -0.141. The molecule has 7 nitrogen and oxygen atoms in total. The van der Waals surface area contributed by atoms with E-state index >= 15 is 0 Å². The Labute approximate surface area is 100 Å². The fourth-order valence-corrected chi connectivity index (χ4v) is 1.16. The molecular weight excluding hydrogens is 228 g/mol. The van der Waals surface area contributed by atoms with Crippen molar-refractivity contribution >= 4 is 12.0 Å². The van der Waals surface area contributed by atoms with Gasteiger partial charge in [-0.15, -0.1) is 0 Å². The minimum atomic E-state index is -1.32. The van der Waals surface area contributed by atoms with Crippen LogP contribution in [0, 0.1) is 0 Å². The van der Waals surface area contributed by atoms with Crippen molar-refractivity contribution < 1.29 is 24.5 Å². The molecule has 0 rings (SSSR count). The normalized spacial score (nSPS) is 15.8. The molecule has 3 atom stereocenters. The summed E-state index contributed by atoms with van der Waals surface area (Å²) in [7, 11) is 0. The number of amides is 2. The van der Waals surface area contributed by atoms with Crippen LogP contribution in [-0.4, -0.2) is 53.6 Å². The highest BCUT2D eigenvalue weighted by Gasteiger charge is 2.24. The number of aliphatic hydroxyl groups is 1. The van der Waals surface area contributed by atoms with Gasteiger partial charge >= 0.3 is 12.0 Å². The van der Waals surface area contributed by atoms with Crippen LogP contribution in [0.1, 0.15) is 20.8 Å². The molecule has 0 saturated heterocycles. The lowest BCUT2D eigenvalue weighted by Gasteiger charge is -2.18. The molecule has 7 heteroatoms. The molecule has 4 N–H and O–H groups in total. The van der Waals surface area contributed by atoms with Crippen molar-refractivity contribution in [3.63, 3.8) is 0 Å². The first kappa shape index (κ1) is 15.7. The topological polar surface area (TPSA) is 108 Å². The summed E-state index contributed by atoms with van der Waals surface area (Å²) in [6.07, 6.45) is -1.32. The first-order valence-corrected chi connectivity index (χ1v) is 5.45. The number of carbonyl (C=O) groups excluding carboxylic acids is 1. The highest BCUT2D eigenvalue weighted by Crippen LogP contribution is 1.93. The second kappa shape index (κ2) is 7.86. The maximum Gasteiger partial charge on any atom is 0.328 e. The molecule has 0 aromatic rings. The van der Waals surface area contributed by atoms with Gasteiger partial charge in [0.1, 0.15) is 0 Å². The van der Waals surface area contributed by atoms with Crippen molar-refractivity contribution in [1.29, 1.82) is 0 Å². The van der Waals surface area contributed by atoms with Gasteiger partial charge in [0.15, 0.2) is 6.04 Å². The summed E-state index contributed by atoms with van der Waals surface area (Å²) in [5, 5.41) is 22.5. The molecule has 0 saturated carbocycles. The van der Waals surface area contributed by atoms with Crippen molar-refractivity contribution in [3.8, 4) is 0 Å². The van der Waals surface area contributed by atoms with Crippen LogP contribution in [0.4, 0.5) is 4.79 Å². The van der Waals surface area contributed by atoms with E-state index in [-0.39, 0.29) is 12.6 Å². The Morgan fingerprint density at radius 1 is 1.35 bits per heavy atom. The number of aliphatic carboxylic acids is 1. The zero-order valence-corrected chi connectivity index (χ0v) is 10.3. The van der Waals surface area contributed by atoms with E-state index in [9.17, 15) is 9.59 Å². The van der Waals surface area contributed by atoms with Crippen LogP contribution in [0.15, 0.2) is 0 Å². The minimum Gasteiger partial charge on any atom is -0.480 e. The second-order valence-electron chi connectivity index (χ2n) is 3.68. The molecule has 0 aliphatic carbocycles. The van der Waals surface area contributed by atoms with Gasteiger partial charge in [0.25, 0.3) is 0 Å². The van der Waals surface area contributed by atoms with Crippen molar-refractivity contribution in [1.82, 2.24) is 10.6 Å². The van der Waals surface area contributed by atoms with Gasteiger partial charge in [-0.1, -0.05) is 0 Å². The Morgan fingerprint density at radius 2 is 1.94 bits per heavy atom. The molecule has 0 aromatic carbocycles. The van der Waals surface area contributed by atoms with Gasteiger partial charge < -0.3 is 25.6 Å². The lowest BCUT2D eigenvalue weighted by Crippen LogP contribution is -2.52. The van der Waals surface area contributed by atoms with Gasteiger partial charge in [0.05, 0.1) is 12.2 Å². The van der Waals surface area contributed by atoms with E-state index in [0.717, 1.165) is 0 Å². The average Bonchev–Trinajstić information content (AvgIpc) is 2.22. The molecule has 0 spiro atoms. The van der Waals surface area contributed by atoms with Crippen molar-refractivity contribution in [2.24, 2.45) is 0 Å². The third kappa shape index (κ3) is 6.75. The number of aliphatic hydroxyl groups excluding tert-OH is 1. The third-order valence-electron chi connectivity index (χ3n) is 2.04. The van der Waals surface area contributed by atoms with Crippen molar-refractivity contribution in [3.05, 3.63) is 0 Å². The van der Waals surface area contributed by atoms with E-state index in [2.05, 4.69) is 10.6 Å². The fourth-order valence-electron chi connectivity index (χ4n) is 1.16. The third-order valence-corrected chi connectivity index (χ3v) is 2.04. The fraction of sp³-hybridized carbons (Fsp3) is 0.800. The predicted octanol–water partition coefficient (Wildman–Crippen LogP) is -0.455. The Balaban J connectivity index is 4.03. The maximum absolute atomic E-state index is 11.3. The first-order chi connectivity index (χ1) is 7.88. The Morgan fingerprint density at radius 3 is 2.35 bits per heavy atom. The van der Waals surface area contributed by atoms with E-state index in [1.807, 2.05) is 6.92 Å². The van der Waals surface area contributed by atoms with Gasteiger partial charge in [0.2, 0.25) is 0 Å². The van der Waals surface area contributed by atoms with Crippen LogP contribution in [0.2, 0.25) is 0 Å². The van der Waals surface area contributed by atoms with E-state index in [1.165, 1.54) is 6.92 Å². The smallest absolute Gasteiger partial charge is 0.328 e. The number of hydrogen-bond donors (Lipinski definition) is 4. The molecule has 0 bridgehead atoms. The molecule has 0 radical (unpaired) electrons. The molecule has 0 aromatic heterocycles. The largest absolute Gasteiger partial charge is 0.480 e. The number of hydrogen-bond acceptors (Lipinski definition) is 4. The van der Waals surface area contributed by atoms with Crippen LogP contribution in [-0.2, 0) is 9.53 Å². The second-order valence-corrected chi connectivity index (χ2v) is 3.68. The monoisotopic (exact) mass is 248 g/mol. The summed E-state index contributed by atoms with van der Waals surface area (Å²) in [6.45, 7) is 5.72. The summed E-state index contributed by atoms with van der Waals surface area (Å²) in [4.78, 5) is 22.0. The predicted molar refractivity (Wildman–Crippen MR) is 60.7 cm³/mol. The summed E-state index contributed by atoms with van der Waals surface area (Å²) in [5.74, 6) is -1.28. The molecule has 0 fully saturated rings. The Hall–Kier alpha value is -1.34. The van der Waals surface area contributed by atoms with Crippen LogP contribution in [0.3, 0.4) is 0 Å². The molecule has 2 amide bonds. The summed E-state index contributed by atoms with van der Waals surface area (Å²) >= 11 is 0. The number of carboxylic acid groups (broad SMARTS) is 1.